The number of amides is 1. The van der Waals surface area contributed by atoms with Crippen LogP contribution in [0.3, 0.4) is 0 Å². The second-order valence-corrected chi connectivity index (χ2v) is 8.04. The number of carbonyl (C=O) groups excluding carboxylic acids is 1. The molecule has 1 aliphatic rings. The Kier molecular flexibility index (Phi) is 5.33. The van der Waals surface area contributed by atoms with Crippen molar-refractivity contribution in [3.8, 4) is 0 Å². The predicted octanol–water partition coefficient (Wildman–Crippen LogP) is 0.675. The number of hydrogen-bond donors (Lipinski definition) is 3. The van der Waals surface area contributed by atoms with Crippen molar-refractivity contribution in [2.24, 2.45) is 0 Å². The van der Waals surface area contributed by atoms with E-state index in [0.29, 0.717) is 17.9 Å². The zero-order valence-electron chi connectivity index (χ0n) is 12.5. The minimum atomic E-state index is -3.58. The summed E-state index contributed by atoms with van der Waals surface area (Å²) in [6.45, 7) is 1.94. The molecule has 1 aromatic rings. The molecule has 1 heterocycles. The number of carbonyl (C=O) groups is 2. The normalized spacial score (nSPS) is 21.1. The Morgan fingerprint density at radius 3 is 2.43 bits per heavy atom. The number of aliphatic carboxylic acids is 1. The summed E-state index contributed by atoms with van der Waals surface area (Å²) in [5.41, 5.74) is -1.03. The summed E-state index contributed by atoms with van der Waals surface area (Å²) < 4.78 is 26.0. The van der Waals surface area contributed by atoms with Gasteiger partial charge in [-0.1, -0.05) is 6.92 Å². The molecule has 9 heteroatoms. The molecule has 1 fully saturated rings. The Labute approximate surface area is 138 Å². The van der Waals surface area contributed by atoms with Gasteiger partial charge in [-0.05, 0) is 36.4 Å². The van der Waals surface area contributed by atoms with Crippen molar-refractivity contribution >= 4 is 33.7 Å². The first-order chi connectivity index (χ1) is 10.8. The molecule has 126 valence electrons. The van der Waals surface area contributed by atoms with Gasteiger partial charge in [-0.15, -0.1) is 0 Å². The molecule has 1 aliphatic heterocycles. The summed E-state index contributed by atoms with van der Waals surface area (Å²) in [5, 5.41) is 11.9. The average molecular weight is 358 g/mol. The highest BCUT2D eigenvalue weighted by molar-refractivity contribution is 7.99. The van der Waals surface area contributed by atoms with Crippen LogP contribution < -0.4 is 10.0 Å². The third-order valence-electron chi connectivity index (χ3n) is 3.54. The third kappa shape index (κ3) is 3.85. The molecule has 23 heavy (non-hydrogen) atoms. The van der Waals surface area contributed by atoms with Crippen molar-refractivity contribution in [3.05, 3.63) is 29.8 Å². The Balaban J connectivity index is 2.16. The van der Waals surface area contributed by atoms with Gasteiger partial charge in [0.1, 0.15) is 5.54 Å². The number of nitrogens with one attached hydrogen (secondary N) is 2. The molecule has 7 nitrogen and oxygen atoms in total. The number of carboxylic acid groups (broad SMARTS) is 1. The number of thioether (sulfide) groups is 1. The van der Waals surface area contributed by atoms with E-state index in [9.17, 15) is 23.1 Å². The van der Waals surface area contributed by atoms with Crippen LogP contribution in [0.15, 0.2) is 29.2 Å². The van der Waals surface area contributed by atoms with Gasteiger partial charge in [-0.25, -0.2) is 17.9 Å². The lowest BCUT2D eigenvalue weighted by atomic mass is 9.98. The molecule has 3 N–H and O–H groups in total. The lowest BCUT2D eigenvalue weighted by Gasteiger charge is -2.24. The maximum Gasteiger partial charge on any atom is 0.330 e. The molecule has 1 atom stereocenters. The van der Waals surface area contributed by atoms with E-state index in [1.54, 1.807) is 6.92 Å². The van der Waals surface area contributed by atoms with Crippen LogP contribution in [0.25, 0.3) is 0 Å². The number of benzene rings is 1. The van der Waals surface area contributed by atoms with Crippen LogP contribution in [-0.2, 0) is 14.8 Å². The lowest BCUT2D eigenvalue weighted by Crippen LogP contribution is -2.54. The Hall–Kier alpha value is -1.58. The van der Waals surface area contributed by atoms with Crippen LogP contribution >= 0.6 is 11.8 Å². The largest absolute Gasteiger partial charge is 0.479 e. The van der Waals surface area contributed by atoms with Gasteiger partial charge in [-0.3, -0.25) is 4.79 Å². The number of sulfonamides is 1. The predicted molar refractivity (Wildman–Crippen MR) is 87.1 cm³/mol. The van der Waals surface area contributed by atoms with Crippen LogP contribution in [0.2, 0.25) is 0 Å². The van der Waals surface area contributed by atoms with E-state index in [-0.39, 0.29) is 17.0 Å². The smallest absolute Gasteiger partial charge is 0.330 e. The summed E-state index contributed by atoms with van der Waals surface area (Å²) in [4.78, 5) is 23.7. The van der Waals surface area contributed by atoms with Crippen molar-refractivity contribution in [2.75, 3.05) is 18.1 Å². The van der Waals surface area contributed by atoms with E-state index in [1.165, 1.54) is 36.0 Å². The number of rotatable bonds is 6. The highest BCUT2D eigenvalue weighted by atomic mass is 32.2. The highest BCUT2D eigenvalue weighted by Crippen LogP contribution is 2.28. The van der Waals surface area contributed by atoms with Gasteiger partial charge >= 0.3 is 5.97 Å². The van der Waals surface area contributed by atoms with Crippen molar-refractivity contribution < 1.29 is 23.1 Å². The van der Waals surface area contributed by atoms with E-state index < -0.39 is 27.4 Å². The zero-order chi connectivity index (χ0) is 17.1. The minimum absolute atomic E-state index is 0.0558. The van der Waals surface area contributed by atoms with E-state index in [4.69, 9.17) is 0 Å². The van der Waals surface area contributed by atoms with Crippen molar-refractivity contribution in [1.29, 1.82) is 0 Å². The number of carboxylic acids is 1. The summed E-state index contributed by atoms with van der Waals surface area (Å²) in [6.07, 6.45) is 0.367. The summed E-state index contributed by atoms with van der Waals surface area (Å²) in [5.74, 6) is -0.586. The van der Waals surface area contributed by atoms with Crippen molar-refractivity contribution in [1.82, 2.24) is 10.0 Å². The van der Waals surface area contributed by atoms with Crippen LogP contribution in [0.4, 0.5) is 0 Å². The van der Waals surface area contributed by atoms with Crippen LogP contribution in [0.5, 0.6) is 0 Å². The first kappa shape index (κ1) is 17.8. The second kappa shape index (κ2) is 6.90. The van der Waals surface area contributed by atoms with E-state index >= 15 is 0 Å². The topological polar surface area (TPSA) is 113 Å². The third-order valence-corrected chi connectivity index (χ3v) is 6.30. The fourth-order valence-corrected chi connectivity index (χ4v) is 4.60. The molecule has 0 bridgehead atoms. The van der Waals surface area contributed by atoms with Crippen LogP contribution in [-0.4, -0.2) is 49.0 Å². The quantitative estimate of drug-likeness (QED) is 0.689. The van der Waals surface area contributed by atoms with Gasteiger partial charge in [0.2, 0.25) is 10.0 Å². The lowest BCUT2D eigenvalue weighted by molar-refractivity contribution is -0.143. The first-order valence-corrected chi connectivity index (χ1v) is 9.68. The molecule has 2 rings (SSSR count). The maximum atomic E-state index is 12.2. The average Bonchev–Trinajstić information content (AvgIpc) is 2.97. The summed E-state index contributed by atoms with van der Waals surface area (Å²) >= 11 is 1.47. The highest BCUT2D eigenvalue weighted by Gasteiger charge is 2.43. The van der Waals surface area contributed by atoms with Gasteiger partial charge < -0.3 is 10.4 Å². The molecule has 1 saturated heterocycles. The Bertz CT molecular complexity index is 694. The minimum Gasteiger partial charge on any atom is -0.479 e. The molecular weight excluding hydrogens is 340 g/mol. The zero-order valence-corrected chi connectivity index (χ0v) is 14.2. The fourth-order valence-electron chi connectivity index (χ4n) is 2.23. The Morgan fingerprint density at radius 2 is 1.96 bits per heavy atom. The molecule has 1 unspecified atom stereocenters. The van der Waals surface area contributed by atoms with Gasteiger partial charge in [0.05, 0.1) is 4.90 Å². The van der Waals surface area contributed by atoms with Gasteiger partial charge in [0, 0.05) is 17.9 Å². The summed E-state index contributed by atoms with van der Waals surface area (Å²) in [6, 6.07) is 5.39. The van der Waals surface area contributed by atoms with Gasteiger partial charge in [0.25, 0.3) is 5.91 Å². The van der Waals surface area contributed by atoms with Crippen molar-refractivity contribution in [3.63, 3.8) is 0 Å². The van der Waals surface area contributed by atoms with Crippen LogP contribution in [0.1, 0.15) is 23.7 Å². The molecule has 0 spiro atoms. The molecule has 0 aliphatic carbocycles. The van der Waals surface area contributed by atoms with Gasteiger partial charge in [0.15, 0.2) is 0 Å². The molecule has 1 amide bonds. The Morgan fingerprint density at radius 1 is 1.30 bits per heavy atom. The fraction of sp³-hybridized carbons (Fsp3) is 0.429. The van der Waals surface area contributed by atoms with E-state index in [1.807, 2.05) is 0 Å². The monoisotopic (exact) mass is 358 g/mol. The van der Waals surface area contributed by atoms with Crippen LogP contribution in [0, 0.1) is 0 Å². The standard InChI is InChI=1S/C14H18N2O5S2/c1-2-15-23(20,21)11-5-3-10(4-6-11)12(17)16-14(13(18)19)7-8-22-9-14/h3-6,15H,2,7-9H2,1H3,(H,16,17)(H,18,19). The first-order valence-electron chi connectivity index (χ1n) is 7.04. The summed E-state index contributed by atoms with van der Waals surface area (Å²) in [7, 11) is -3.58. The molecule has 0 aromatic heterocycles. The second-order valence-electron chi connectivity index (χ2n) is 5.17. The molecule has 1 aromatic carbocycles. The van der Waals surface area contributed by atoms with Crippen molar-refractivity contribution in [2.45, 2.75) is 23.8 Å². The van der Waals surface area contributed by atoms with Gasteiger partial charge in [-0.2, -0.15) is 11.8 Å². The van der Waals surface area contributed by atoms with E-state index in [0.717, 1.165) is 0 Å². The van der Waals surface area contributed by atoms with E-state index in [2.05, 4.69) is 10.0 Å². The molecule has 0 saturated carbocycles. The maximum absolute atomic E-state index is 12.2. The SMILES string of the molecule is CCNS(=O)(=O)c1ccc(C(=O)NC2(C(=O)O)CCSC2)cc1. The molecule has 0 radical (unpaired) electrons. The number of hydrogen-bond acceptors (Lipinski definition) is 5. The molecular formula is C14H18N2O5S2.